The lowest BCUT2D eigenvalue weighted by atomic mass is 9.95. The van der Waals surface area contributed by atoms with Gasteiger partial charge >= 0.3 is 11.9 Å². The highest BCUT2D eigenvalue weighted by Crippen LogP contribution is 2.27. The van der Waals surface area contributed by atoms with Crippen LogP contribution in [-0.2, 0) is 28.5 Å². The molecule has 1 fully saturated rings. The molecule has 1 aliphatic heterocycles. The van der Waals surface area contributed by atoms with Gasteiger partial charge in [0.15, 0.2) is 12.4 Å². The summed E-state index contributed by atoms with van der Waals surface area (Å²) in [4.78, 5) is 24.0. The summed E-state index contributed by atoms with van der Waals surface area (Å²) in [5.74, 6) is -1.05. The molecule has 0 saturated carbocycles. The Hall–Kier alpha value is -1.22. The van der Waals surface area contributed by atoms with Crippen LogP contribution in [0.4, 0.5) is 0 Å². The first-order valence-electron chi connectivity index (χ1n) is 8.21. The Labute approximate surface area is 148 Å². The zero-order valence-corrected chi connectivity index (χ0v) is 15.9. The number of esters is 2. The van der Waals surface area contributed by atoms with Crippen molar-refractivity contribution in [3.63, 3.8) is 0 Å². The minimum absolute atomic E-state index is 0.257. The number of carbonyl (C=O) groups is 2. The minimum Gasteiger partial charge on any atom is -0.462 e. The predicted molar refractivity (Wildman–Crippen MR) is 87.4 cm³/mol. The Bertz CT molecular complexity index is 476. The van der Waals surface area contributed by atoms with Gasteiger partial charge < -0.3 is 29.2 Å². The van der Waals surface area contributed by atoms with Crippen LogP contribution in [0.5, 0.6) is 0 Å². The second-order valence-electron chi connectivity index (χ2n) is 8.23. The molecule has 0 bridgehead atoms. The molecule has 8 heteroatoms. The molecule has 8 nitrogen and oxygen atoms in total. The summed E-state index contributed by atoms with van der Waals surface area (Å²) in [5, 5.41) is 20.7. The topological polar surface area (TPSA) is 112 Å². The van der Waals surface area contributed by atoms with Crippen LogP contribution >= 0.6 is 0 Å². The maximum Gasteiger partial charge on any atom is 0.311 e. The van der Waals surface area contributed by atoms with Crippen molar-refractivity contribution < 1.29 is 38.7 Å². The van der Waals surface area contributed by atoms with E-state index in [2.05, 4.69) is 0 Å². The average molecular weight is 362 g/mol. The van der Waals surface area contributed by atoms with E-state index >= 15 is 0 Å². The monoisotopic (exact) mass is 362 g/mol. The Kier molecular flexibility index (Phi) is 6.97. The molecular weight excluding hydrogens is 332 g/mol. The van der Waals surface area contributed by atoms with Crippen molar-refractivity contribution in [2.45, 2.75) is 72.2 Å². The van der Waals surface area contributed by atoms with Crippen LogP contribution in [-0.4, -0.2) is 66.6 Å². The van der Waals surface area contributed by atoms with Gasteiger partial charge in [-0.1, -0.05) is 0 Å². The van der Waals surface area contributed by atoms with E-state index in [1.165, 1.54) is 7.11 Å². The fraction of sp³-hybridized carbons (Fsp3) is 0.882. The number of hydrogen-bond donors (Lipinski definition) is 2. The van der Waals surface area contributed by atoms with Gasteiger partial charge in [-0.05, 0) is 41.5 Å². The summed E-state index contributed by atoms with van der Waals surface area (Å²) in [7, 11) is 1.31. The normalized spacial score (nSPS) is 30.7. The van der Waals surface area contributed by atoms with E-state index in [1.54, 1.807) is 41.5 Å². The van der Waals surface area contributed by atoms with Crippen LogP contribution in [0, 0.1) is 10.8 Å². The summed E-state index contributed by atoms with van der Waals surface area (Å²) in [6, 6.07) is 0. The van der Waals surface area contributed by atoms with Crippen molar-refractivity contribution >= 4 is 11.9 Å². The number of aliphatic hydroxyl groups is 2. The molecule has 1 saturated heterocycles. The van der Waals surface area contributed by atoms with E-state index in [0.717, 1.165) is 0 Å². The summed E-state index contributed by atoms with van der Waals surface area (Å²) >= 11 is 0. The van der Waals surface area contributed by atoms with Gasteiger partial charge in [0.05, 0.1) is 10.8 Å². The highest BCUT2D eigenvalue weighted by Gasteiger charge is 2.48. The van der Waals surface area contributed by atoms with E-state index in [9.17, 15) is 19.8 Å². The molecule has 2 N–H and O–H groups in total. The maximum atomic E-state index is 12.1. The van der Waals surface area contributed by atoms with Crippen molar-refractivity contribution in [1.82, 2.24) is 0 Å². The Balaban J connectivity index is 2.87. The van der Waals surface area contributed by atoms with E-state index < -0.39 is 53.5 Å². The molecule has 0 amide bonds. The highest BCUT2D eigenvalue weighted by atomic mass is 16.7. The van der Waals surface area contributed by atoms with Gasteiger partial charge in [-0.15, -0.1) is 0 Å². The van der Waals surface area contributed by atoms with Crippen LogP contribution < -0.4 is 0 Å². The second-order valence-corrected chi connectivity index (χ2v) is 8.23. The molecule has 5 atom stereocenters. The molecule has 0 aliphatic carbocycles. The van der Waals surface area contributed by atoms with Gasteiger partial charge in [0.25, 0.3) is 0 Å². The third-order valence-corrected chi connectivity index (χ3v) is 3.72. The van der Waals surface area contributed by atoms with Crippen LogP contribution in [0.15, 0.2) is 0 Å². The Morgan fingerprint density at radius 2 is 1.48 bits per heavy atom. The summed E-state index contributed by atoms with van der Waals surface area (Å²) in [5.41, 5.74) is -1.52. The smallest absolute Gasteiger partial charge is 0.311 e. The zero-order chi connectivity index (χ0) is 19.6. The number of carbonyl (C=O) groups excluding carboxylic acids is 2. The van der Waals surface area contributed by atoms with E-state index in [4.69, 9.17) is 18.9 Å². The molecule has 1 aliphatic rings. The van der Waals surface area contributed by atoms with Gasteiger partial charge in [0.1, 0.15) is 24.9 Å². The van der Waals surface area contributed by atoms with Crippen molar-refractivity contribution in [3.8, 4) is 0 Å². The zero-order valence-electron chi connectivity index (χ0n) is 15.9. The predicted octanol–water partition coefficient (Wildman–Crippen LogP) is 0.627. The minimum atomic E-state index is -1.37. The molecule has 0 aromatic carbocycles. The molecule has 0 spiro atoms. The molecule has 146 valence electrons. The lowest BCUT2D eigenvalue weighted by Crippen LogP contribution is -2.61. The Morgan fingerprint density at radius 1 is 0.960 bits per heavy atom. The highest BCUT2D eigenvalue weighted by molar-refractivity contribution is 5.76. The Morgan fingerprint density at radius 3 is 1.92 bits per heavy atom. The molecule has 25 heavy (non-hydrogen) atoms. The van der Waals surface area contributed by atoms with Crippen LogP contribution in [0.2, 0.25) is 0 Å². The van der Waals surface area contributed by atoms with Gasteiger partial charge in [0, 0.05) is 7.11 Å². The molecule has 0 aromatic heterocycles. The van der Waals surface area contributed by atoms with Crippen LogP contribution in [0.1, 0.15) is 41.5 Å². The standard InChI is InChI=1S/C17H30O8/c1-16(2,3)14(20)23-8-9-10(18)12(11(19)13(22-7)24-9)25-15(21)17(4,5)6/h9-13,18-19H,8H2,1-7H3/t9?,10-,11?,12?,13+/m1/s1. The van der Waals surface area contributed by atoms with Crippen molar-refractivity contribution in [3.05, 3.63) is 0 Å². The maximum absolute atomic E-state index is 12.1. The van der Waals surface area contributed by atoms with E-state index in [0.29, 0.717) is 0 Å². The first-order chi connectivity index (χ1) is 11.3. The molecule has 0 aromatic rings. The van der Waals surface area contributed by atoms with Crippen molar-refractivity contribution in [2.24, 2.45) is 10.8 Å². The van der Waals surface area contributed by atoms with Gasteiger partial charge in [-0.25, -0.2) is 0 Å². The van der Waals surface area contributed by atoms with Gasteiger partial charge in [-0.2, -0.15) is 0 Å². The van der Waals surface area contributed by atoms with Gasteiger partial charge in [-0.3, -0.25) is 9.59 Å². The third-order valence-electron chi connectivity index (χ3n) is 3.72. The van der Waals surface area contributed by atoms with Crippen LogP contribution in [0.3, 0.4) is 0 Å². The number of aliphatic hydroxyl groups excluding tert-OH is 2. The lowest BCUT2D eigenvalue weighted by molar-refractivity contribution is -0.299. The third kappa shape index (κ3) is 5.64. The number of methoxy groups -OCH3 is 1. The van der Waals surface area contributed by atoms with Crippen molar-refractivity contribution in [2.75, 3.05) is 13.7 Å². The second kappa shape index (κ2) is 7.99. The number of rotatable bonds is 4. The summed E-state index contributed by atoms with van der Waals surface area (Å²) in [6.07, 6.45) is -6.14. The molecule has 3 unspecified atom stereocenters. The largest absolute Gasteiger partial charge is 0.462 e. The molecular formula is C17H30O8. The fourth-order valence-electron chi connectivity index (χ4n) is 2.05. The SMILES string of the molecule is CO[C@H]1OC(COC(=O)C(C)(C)C)[C@@H](O)C(OC(=O)C(C)(C)C)C1O. The summed E-state index contributed by atoms with van der Waals surface area (Å²) < 4.78 is 20.9. The fourth-order valence-corrected chi connectivity index (χ4v) is 2.05. The number of hydrogen-bond acceptors (Lipinski definition) is 8. The first-order valence-corrected chi connectivity index (χ1v) is 8.21. The van der Waals surface area contributed by atoms with E-state index in [1.807, 2.05) is 0 Å². The molecule has 1 rings (SSSR count). The van der Waals surface area contributed by atoms with Gasteiger partial charge in [0.2, 0.25) is 0 Å². The van der Waals surface area contributed by atoms with Crippen LogP contribution in [0.25, 0.3) is 0 Å². The quantitative estimate of drug-likeness (QED) is 0.701. The van der Waals surface area contributed by atoms with Crippen molar-refractivity contribution in [1.29, 1.82) is 0 Å². The average Bonchev–Trinajstić information content (AvgIpc) is 2.48. The summed E-state index contributed by atoms with van der Waals surface area (Å²) in [6.45, 7) is 9.81. The number of ether oxygens (including phenoxy) is 4. The first kappa shape index (κ1) is 21.8. The molecule has 0 radical (unpaired) electrons. The lowest BCUT2D eigenvalue weighted by Gasteiger charge is -2.41. The molecule has 1 heterocycles. The van der Waals surface area contributed by atoms with E-state index in [-0.39, 0.29) is 6.61 Å².